The van der Waals surface area contributed by atoms with Gasteiger partial charge in [-0.2, -0.15) is 5.10 Å². The lowest BCUT2D eigenvalue weighted by Gasteiger charge is -2.17. The van der Waals surface area contributed by atoms with Gasteiger partial charge in [-0.05, 0) is 32.4 Å². The maximum absolute atomic E-state index is 11.3. The summed E-state index contributed by atoms with van der Waals surface area (Å²) >= 11 is 0. The minimum Gasteiger partial charge on any atom is -0.250 e. The third-order valence-electron chi connectivity index (χ3n) is 2.01. The number of aromatic nitrogens is 3. The molecule has 0 fully saturated rings. The lowest BCUT2D eigenvalue weighted by molar-refractivity contribution is -0.356. The third-order valence-corrected chi connectivity index (χ3v) is 2.01. The first-order valence-electron chi connectivity index (χ1n) is 5.32. The van der Waals surface area contributed by atoms with E-state index in [1.807, 2.05) is 26.8 Å². The normalized spacial score (nSPS) is 10.9. The van der Waals surface area contributed by atoms with Gasteiger partial charge in [-0.1, -0.05) is 20.9 Å². The molecule has 0 atom stereocenters. The molecule has 2 aromatic heterocycles. The number of aromatic amines is 1. The summed E-state index contributed by atoms with van der Waals surface area (Å²) < 4.78 is 1.43. The van der Waals surface area contributed by atoms with Crippen molar-refractivity contribution in [2.45, 2.75) is 47.8 Å². The average Bonchev–Trinajstić information content (AvgIpc) is 2.59. The van der Waals surface area contributed by atoms with Gasteiger partial charge in [-0.25, -0.2) is 19.7 Å². The van der Waals surface area contributed by atoms with Crippen LogP contribution in [-0.2, 0) is 16.4 Å². The van der Waals surface area contributed by atoms with Crippen molar-refractivity contribution in [1.29, 1.82) is 0 Å². The van der Waals surface area contributed by atoms with Crippen LogP contribution in [0.25, 0.3) is 5.65 Å². The summed E-state index contributed by atoms with van der Waals surface area (Å²) in [5.41, 5.74) is 0.802. The van der Waals surface area contributed by atoms with Gasteiger partial charge < -0.3 is 0 Å². The van der Waals surface area contributed by atoms with Crippen LogP contribution in [0.1, 0.15) is 41.2 Å². The highest BCUT2D eigenvalue weighted by Gasteiger charge is 2.11. The fraction of sp³-hybridized carbons (Fsp3) is 0.538. The molecular weight excluding hydrogens is 246 g/mol. The molecule has 0 aliphatic heterocycles. The maximum Gasteiger partial charge on any atom is 0.347 e. The molecule has 0 saturated heterocycles. The number of hydrogen-bond donors (Lipinski definition) is 1. The van der Waals surface area contributed by atoms with Crippen LogP contribution >= 0.6 is 0 Å². The van der Waals surface area contributed by atoms with Crippen LogP contribution in [-0.4, -0.2) is 20.2 Å². The number of rotatable bonds is 3. The van der Waals surface area contributed by atoms with E-state index in [4.69, 9.17) is 9.78 Å². The Kier molecular flexibility index (Phi) is 5.92. The Morgan fingerprint density at radius 1 is 1.32 bits per heavy atom. The van der Waals surface area contributed by atoms with Gasteiger partial charge in [0, 0.05) is 6.20 Å². The highest BCUT2D eigenvalue weighted by Crippen LogP contribution is 2.10. The van der Waals surface area contributed by atoms with Crippen LogP contribution in [0.4, 0.5) is 0 Å². The fourth-order valence-electron chi connectivity index (χ4n) is 1.31. The number of nitrogens with zero attached hydrogens (tertiary/aromatic N) is 2. The van der Waals surface area contributed by atoms with E-state index in [1.165, 1.54) is 4.40 Å². The van der Waals surface area contributed by atoms with Crippen molar-refractivity contribution in [2.24, 2.45) is 0 Å². The minimum absolute atomic E-state index is 0. The molecule has 0 spiro atoms. The molecule has 0 radical (unpaired) electrons. The van der Waals surface area contributed by atoms with Crippen molar-refractivity contribution < 1.29 is 9.78 Å². The first-order valence-corrected chi connectivity index (χ1v) is 5.32. The molecule has 19 heavy (non-hydrogen) atoms. The van der Waals surface area contributed by atoms with Crippen molar-refractivity contribution >= 4 is 5.65 Å². The van der Waals surface area contributed by atoms with Crippen LogP contribution in [0.2, 0.25) is 0 Å². The molecule has 2 rings (SSSR count). The third kappa shape index (κ3) is 4.50. The molecule has 6 nitrogen and oxygen atoms in total. The van der Waals surface area contributed by atoms with E-state index >= 15 is 0 Å². The second kappa shape index (κ2) is 6.49. The molecule has 0 bridgehead atoms. The molecule has 0 saturated carbocycles. The van der Waals surface area contributed by atoms with Gasteiger partial charge >= 0.3 is 5.69 Å². The Bertz CT molecular complexity index is 566. The predicted octanol–water partition coefficient (Wildman–Crippen LogP) is 2.54. The van der Waals surface area contributed by atoms with E-state index in [2.05, 4.69) is 10.2 Å². The standard InChI is InChI=1S/C11H15N3O3.2CH4/c1-11(2,3)17-16-7-8-4-5-9-12-13-10(15)14(9)6-8;;/h4-6H,7H2,1-3H3,(H,13,15);2*1H4. The number of hydrogen-bond acceptors (Lipinski definition) is 4. The van der Waals surface area contributed by atoms with Crippen molar-refractivity contribution in [3.63, 3.8) is 0 Å². The number of fused-ring (bicyclic) bond motifs is 1. The van der Waals surface area contributed by atoms with Crippen LogP contribution in [0.3, 0.4) is 0 Å². The quantitative estimate of drug-likeness (QED) is 0.686. The van der Waals surface area contributed by atoms with Gasteiger partial charge in [-0.15, -0.1) is 0 Å². The lowest BCUT2D eigenvalue weighted by atomic mass is 10.2. The summed E-state index contributed by atoms with van der Waals surface area (Å²) in [5.74, 6) is 0. The molecule has 0 aromatic carbocycles. The monoisotopic (exact) mass is 269 g/mol. The van der Waals surface area contributed by atoms with Gasteiger partial charge in [0.1, 0.15) is 6.61 Å². The van der Waals surface area contributed by atoms with Gasteiger partial charge in [0.05, 0.1) is 5.60 Å². The first kappa shape index (κ1) is 17.3. The number of pyridine rings is 1. The second-order valence-electron chi connectivity index (χ2n) is 4.75. The van der Waals surface area contributed by atoms with Gasteiger partial charge in [-0.3, -0.25) is 4.40 Å². The molecule has 6 heteroatoms. The molecule has 0 amide bonds. The Hall–Kier alpha value is -1.66. The van der Waals surface area contributed by atoms with E-state index in [1.54, 1.807) is 12.3 Å². The Morgan fingerprint density at radius 2 is 2.00 bits per heavy atom. The van der Waals surface area contributed by atoms with E-state index < -0.39 is 0 Å². The fourth-order valence-corrected chi connectivity index (χ4v) is 1.31. The van der Waals surface area contributed by atoms with Crippen LogP contribution in [0.5, 0.6) is 0 Å². The molecule has 0 aliphatic carbocycles. The van der Waals surface area contributed by atoms with Gasteiger partial charge in [0.2, 0.25) is 0 Å². The maximum atomic E-state index is 11.3. The van der Waals surface area contributed by atoms with E-state index in [0.717, 1.165) is 5.56 Å². The number of nitrogens with one attached hydrogen (secondary N) is 1. The summed E-state index contributed by atoms with van der Waals surface area (Å²) in [7, 11) is 0. The summed E-state index contributed by atoms with van der Waals surface area (Å²) in [4.78, 5) is 21.6. The van der Waals surface area contributed by atoms with Crippen molar-refractivity contribution in [2.75, 3.05) is 0 Å². The van der Waals surface area contributed by atoms with Crippen molar-refractivity contribution in [3.8, 4) is 0 Å². The molecule has 2 aromatic rings. The van der Waals surface area contributed by atoms with E-state index in [-0.39, 0.29) is 32.8 Å². The molecule has 0 aliphatic rings. The van der Waals surface area contributed by atoms with Gasteiger partial charge in [0.25, 0.3) is 0 Å². The van der Waals surface area contributed by atoms with Crippen molar-refractivity contribution in [3.05, 3.63) is 34.4 Å². The largest absolute Gasteiger partial charge is 0.347 e. The second-order valence-corrected chi connectivity index (χ2v) is 4.75. The zero-order valence-corrected chi connectivity index (χ0v) is 10.1. The first-order chi connectivity index (χ1) is 7.96. The van der Waals surface area contributed by atoms with Crippen LogP contribution in [0, 0.1) is 0 Å². The average molecular weight is 269 g/mol. The zero-order valence-electron chi connectivity index (χ0n) is 10.1. The number of H-pyrrole nitrogens is 1. The summed E-state index contributed by atoms with van der Waals surface area (Å²) in [6.07, 6.45) is 1.67. The molecule has 0 unspecified atom stereocenters. The predicted molar refractivity (Wildman–Crippen MR) is 74.9 cm³/mol. The lowest BCUT2D eigenvalue weighted by Crippen LogP contribution is -2.19. The smallest absolute Gasteiger partial charge is 0.250 e. The molecule has 2 heterocycles. The van der Waals surface area contributed by atoms with Crippen molar-refractivity contribution in [1.82, 2.24) is 14.6 Å². The summed E-state index contributed by atoms with van der Waals surface area (Å²) in [5, 5.41) is 6.20. The summed E-state index contributed by atoms with van der Waals surface area (Å²) in [6.45, 7) is 5.98. The zero-order chi connectivity index (χ0) is 12.5. The SMILES string of the molecule is C.C.CC(C)(C)OOCc1ccc2n[nH]c(=O)n2c1. The summed E-state index contributed by atoms with van der Waals surface area (Å²) in [6, 6.07) is 3.58. The van der Waals surface area contributed by atoms with Crippen LogP contribution < -0.4 is 5.69 Å². The van der Waals surface area contributed by atoms with E-state index in [0.29, 0.717) is 5.65 Å². The Morgan fingerprint density at radius 3 is 2.63 bits per heavy atom. The highest BCUT2D eigenvalue weighted by atomic mass is 17.2. The Labute approximate surface area is 113 Å². The minimum atomic E-state index is -0.351. The van der Waals surface area contributed by atoms with Crippen LogP contribution in [0.15, 0.2) is 23.1 Å². The van der Waals surface area contributed by atoms with E-state index in [9.17, 15) is 4.79 Å². The molecule has 108 valence electrons. The molecular formula is C13H23N3O3. The van der Waals surface area contributed by atoms with Gasteiger partial charge in [0.15, 0.2) is 5.65 Å². The Balaban J connectivity index is 0.00000162. The topological polar surface area (TPSA) is 68.6 Å². The highest BCUT2D eigenvalue weighted by molar-refractivity contribution is 5.37. The molecule has 1 N–H and O–H groups in total.